The highest BCUT2D eigenvalue weighted by atomic mass is 15.2. The molecule has 1 fully saturated rings. The van der Waals surface area contributed by atoms with Crippen LogP contribution in [0.3, 0.4) is 0 Å². The van der Waals surface area contributed by atoms with Gasteiger partial charge in [-0.15, -0.1) is 0 Å². The summed E-state index contributed by atoms with van der Waals surface area (Å²) in [5.74, 6) is 0. The first-order valence-corrected chi connectivity index (χ1v) is 5.71. The molecule has 0 spiro atoms. The third-order valence-corrected chi connectivity index (χ3v) is 3.24. The number of nitrogens with zero attached hydrogens (tertiary/aromatic N) is 1. The Bertz CT molecular complexity index is 302. The summed E-state index contributed by atoms with van der Waals surface area (Å²) in [6.45, 7) is 4.57. The maximum absolute atomic E-state index is 3.59. The van der Waals surface area contributed by atoms with Crippen molar-refractivity contribution in [3.05, 3.63) is 30.3 Å². The molecule has 2 nitrogen and oxygen atoms in total. The van der Waals surface area contributed by atoms with Crippen LogP contribution in [0.2, 0.25) is 0 Å². The lowest BCUT2D eigenvalue weighted by Crippen LogP contribution is -2.46. The van der Waals surface area contributed by atoms with Crippen molar-refractivity contribution in [2.24, 2.45) is 0 Å². The van der Waals surface area contributed by atoms with Gasteiger partial charge in [0.25, 0.3) is 0 Å². The molecule has 0 aliphatic carbocycles. The molecule has 0 radical (unpaired) electrons. The van der Waals surface area contributed by atoms with Crippen LogP contribution < -0.4 is 10.2 Å². The molecule has 1 aromatic rings. The number of nitrogens with one attached hydrogen (secondary N) is 1. The second-order valence-corrected chi connectivity index (χ2v) is 4.78. The maximum atomic E-state index is 3.59. The van der Waals surface area contributed by atoms with E-state index in [-0.39, 0.29) is 0 Å². The Kier molecular flexibility index (Phi) is 2.96. The lowest BCUT2D eigenvalue weighted by Gasteiger charge is -2.31. The molecule has 1 unspecified atom stereocenters. The number of para-hydroxylation sites is 1. The first-order chi connectivity index (χ1) is 7.20. The topological polar surface area (TPSA) is 15.3 Å². The number of likely N-dealkylation sites (N-methyl/N-ethyl adjacent to an activating group) is 1. The molecule has 0 amide bonds. The fourth-order valence-electron chi connectivity index (χ4n) is 2.39. The molecule has 1 atom stereocenters. The Labute approximate surface area is 92.3 Å². The summed E-state index contributed by atoms with van der Waals surface area (Å²) >= 11 is 0. The Morgan fingerprint density at radius 2 is 2.07 bits per heavy atom. The van der Waals surface area contributed by atoms with Crippen molar-refractivity contribution < 1.29 is 0 Å². The summed E-state index contributed by atoms with van der Waals surface area (Å²) in [6.07, 6.45) is 2.59. The summed E-state index contributed by atoms with van der Waals surface area (Å²) < 4.78 is 0. The molecule has 1 aromatic carbocycles. The summed E-state index contributed by atoms with van der Waals surface area (Å²) in [4.78, 5) is 2.33. The fraction of sp³-hybridized carbons (Fsp3) is 0.538. The second kappa shape index (κ2) is 4.23. The predicted molar refractivity (Wildman–Crippen MR) is 65.4 cm³/mol. The number of hydrogen-bond acceptors (Lipinski definition) is 2. The van der Waals surface area contributed by atoms with Gasteiger partial charge in [0.15, 0.2) is 0 Å². The number of rotatable bonds is 3. The van der Waals surface area contributed by atoms with Gasteiger partial charge in [0.05, 0.1) is 0 Å². The van der Waals surface area contributed by atoms with Gasteiger partial charge in [-0.3, -0.25) is 0 Å². The van der Waals surface area contributed by atoms with Gasteiger partial charge in [0, 0.05) is 24.8 Å². The largest absolute Gasteiger partial charge is 0.373 e. The molecule has 2 heteroatoms. The second-order valence-electron chi connectivity index (χ2n) is 4.78. The van der Waals surface area contributed by atoms with Gasteiger partial charge in [-0.2, -0.15) is 0 Å². The number of benzene rings is 1. The van der Waals surface area contributed by atoms with E-state index in [1.807, 2.05) is 0 Å². The third kappa shape index (κ3) is 2.51. The van der Waals surface area contributed by atoms with Gasteiger partial charge >= 0.3 is 0 Å². The van der Waals surface area contributed by atoms with Gasteiger partial charge in [0.2, 0.25) is 0 Å². The van der Waals surface area contributed by atoms with E-state index in [1.54, 1.807) is 0 Å². The highest BCUT2D eigenvalue weighted by molar-refractivity contribution is 5.45. The molecule has 0 saturated carbocycles. The van der Waals surface area contributed by atoms with Crippen molar-refractivity contribution >= 4 is 5.69 Å². The Morgan fingerprint density at radius 1 is 1.33 bits per heavy atom. The van der Waals surface area contributed by atoms with E-state index in [0.717, 1.165) is 6.54 Å². The van der Waals surface area contributed by atoms with E-state index < -0.39 is 0 Å². The molecule has 0 bridgehead atoms. The van der Waals surface area contributed by atoms with Gasteiger partial charge in [-0.05, 0) is 38.4 Å². The molecule has 1 saturated heterocycles. The van der Waals surface area contributed by atoms with Gasteiger partial charge in [-0.25, -0.2) is 0 Å². The minimum Gasteiger partial charge on any atom is -0.373 e. The quantitative estimate of drug-likeness (QED) is 0.812. The predicted octanol–water partition coefficient (Wildman–Crippen LogP) is 2.26. The van der Waals surface area contributed by atoms with Crippen LogP contribution in [0.4, 0.5) is 5.69 Å². The molecular weight excluding hydrogens is 184 g/mol. The summed E-state index contributed by atoms with van der Waals surface area (Å²) in [5, 5.41) is 3.59. The Balaban J connectivity index is 2.00. The molecule has 2 rings (SSSR count). The molecule has 1 N–H and O–H groups in total. The minimum atomic E-state index is 0.296. The highest BCUT2D eigenvalue weighted by Crippen LogP contribution is 2.22. The van der Waals surface area contributed by atoms with Crippen LogP contribution in [0.25, 0.3) is 0 Å². The SMILES string of the molecule is CN(CC1(C)CCCN1)c1ccccc1. The average molecular weight is 204 g/mol. The third-order valence-electron chi connectivity index (χ3n) is 3.24. The van der Waals surface area contributed by atoms with Crippen molar-refractivity contribution in [1.29, 1.82) is 0 Å². The van der Waals surface area contributed by atoms with Crippen LogP contribution in [-0.2, 0) is 0 Å². The fourth-order valence-corrected chi connectivity index (χ4v) is 2.39. The summed E-state index contributed by atoms with van der Waals surface area (Å²) in [5.41, 5.74) is 1.59. The standard InChI is InChI=1S/C13H20N2/c1-13(9-6-10-14-13)11-15(2)12-7-4-3-5-8-12/h3-5,7-8,14H,6,9-11H2,1-2H3. The number of hydrogen-bond donors (Lipinski definition) is 1. The Hall–Kier alpha value is -1.02. The maximum Gasteiger partial charge on any atom is 0.0364 e. The van der Waals surface area contributed by atoms with E-state index in [2.05, 4.69) is 54.5 Å². The van der Waals surface area contributed by atoms with Crippen molar-refractivity contribution in [2.75, 3.05) is 25.0 Å². The molecular formula is C13H20N2. The zero-order valence-corrected chi connectivity index (χ0v) is 9.66. The zero-order valence-electron chi connectivity index (χ0n) is 9.66. The molecule has 1 aliphatic heterocycles. The first-order valence-electron chi connectivity index (χ1n) is 5.71. The van der Waals surface area contributed by atoms with Crippen LogP contribution in [0, 0.1) is 0 Å². The van der Waals surface area contributed by atoms with E-state index in [0.29, 0.717) is 5.54 Å². The molecule has 82 valence electrons. The van der Waals surface area contributed by atoms with E-state index >= 15 is 0 Å². The van der Waals surface area contributed by atoms with Crippen molar-refractivity contribution in [3.63, 3.8) is 0 Å². The lowest BCUT2D eigenvalue weighted by atomic mass is 9.99. The zero-order chi connectivity index (χ0) is 10.7. The number of anilines is 1. The lowest BCUT2D eigenvalue weighted by molar-refractivity contribution is 0.419. The monoisotopic (exact) mass is 204 g/mol. The van der Waals surface area contributed by atoms with Gasteiger partial charge in [0.1, 0.15) is 0 Å². The van der Waals surface area contributed by atoms with Crippen LogP contribution in [0.5, 0.6) is 0 Å². The first kappa shape index (κ1) is 10.5. The van der Waals surface area contributed by atoms with Crippen molar-refractivity contribution in [1.82, 2.24) is 5.32 Å². The Morgan fingerprint density at radius 3 is 2.67 bits per heavy atom. The minimum absolute atomic E-state index is 0.296. The van der Waals surface area contributed by atoms with Gasteiger partial charge in [-0.1, -0.05) is 18.2 Å². The summed E-state index contributed by atoms with van der Waals surface area (Å²) in [7, 11) is 2.17. The molecule has 1 heterocycles. The highest BCUT2D eigenvalue weighted by Gasteiger charge is 2.29. The smallest absolute Gasteiger partial charge is 0.0364 e. The van der Waals surface area contributed by atoms with Crippen molar-refractivity contribution in [3.8, 4) is 0 Å². The van der Waals surface area contributed by atoms with Gasteiger partial charge < -0.3 is 10.2 Å². The molecule has 0 aromatic heterocycles. The van der Waals surface area contributed by atoms with E-state index in [1.165, 1.54) is 25.1 Å². The van der Waals surface area contributed by atoms with Crippen LogP contribution in [0.1, 0.15) is 19.8 Å². The van der Waals surface area contributed by atoms with Crippen LogP contribution in [-0.4, -0.2) is 25.7 Å². The summed E-state index contributed by atoms with van der Waals surface area (Å²) in [6, 6.07) is 10.6. The normalized spacial score (nSPS) is 25.5. The van der Waals surface area contributed by atoms with E-state index in [9.17, 15) is 0 Å². The van der Waals surface area contributed by atoms with Crippen molar-refractivity contribution in [2.45, 2.75) is 25.3 Å². The van der Waals surface area contributed by atoms with Crippen LogP contribution in [0.15, 0.2) is 30.3 Å². The average Bonchev–Trinajstić information content (AvgIpc) is 2.66. The molecule has 1 aliphatic rings. The van der Waals surface area contributed by atoms with Crippen LogP contribution >= 0.6 is 0 Å². The molecule has 15 heavy (non-hydrogen) atoms. The van der Waals surface area contributed by atoms with E-state index in [4.69, 9.17) is 0 Å².